The molecule has 2 aromatic carbocycles. The van der Waals surface area contributed by atoms with Crippen LogP contribution in [0.4, 0.5) is 5.69 Å². The molecule has 0 radical (unpaired) electrons. The van der Waals surface area contributed by atoms with Gasteiger partial charge < -0.3 is 28.4 Å². The maximum atomic E-state index is 13.9. The number of amides is 1. The zero-order chi connectivity index (χ0) is 40.1. The second-order valence-electron chi connectivity index (χ2n) is 14.6. The molecule has 304 valence electrons. The minimum absolute atomic E-state index is 0.145. The first-order chi connectivity index (χ1) is 27.6. The lowest BCUT2D eigenvalue weighted by Gasteiger charge is -2.33. The number of thioether (sulfide) groups is 2. The number of ether oxygens (including phenoxy) is 6. The summed E-state index contributed by atoms with van der Waals surface area (Å²) in [7, 11) is 0. The summed E-state index contributed by atoms with van der Waals surface area (Å²) in [6.45, 7) is 4.09. The van der Waals surface area contributed by atoms with E-state index in [0.29, 0.717) is 84.7 Å². The third-order valence-corrected chi connectivity index (χ3v) is 13.5. The van der Waals surface area contributed by atoms with Gasteiger partial charge in [0.05, 0.1) is 57.8 Å². The normalized spacial score (nSPS) is 26.9. The molecule has 3 aliphatic heterocycles. The van der Waals surface area contributed by atoms with E-state index in [-0.39, 0.29) is 79.2 Å². The molecular weight excluding hydrogens is 796 g/mol. The number of halogens is 1. The Morgan fingerprint density at radius 2 is 1.46 bits per heavy atom. The molecule has 2 aliphatic carbocycles. The van der Waals surface area contributed by atoms with Crippen molar-refractivity contribution in [3.8, 4) is 5.75 Å². The zero-order valence-electron chi connectivity index (χ0n) is 31.8. The van der Waals surface area contributed by atoms with E-state index in [2.05, 4.69) is 5.10 Å². The van der Waals surface area contributed by atoms with Gasteiger partial charge in [0.25, 0.3) is 5.91 Å². The first kappa shape index (κ1) is 41.3. The fourth-order valence-corrected chi connectivity index (χ4v) is 10.3. The van der Waals surface area contributed by atoms with Crippen molar-refractivity contribution in [1.82, 2.24) is 0 Å². The smallest absolute Gasteiger partial charge is 0.314 e. The highest BCUT2D eigenvalue weighted by Crippen LogP contribution is 2.58. The number of benzene rings is 2. The molecule has 0 atom stereocenters. The predicted molar refractivity (Wildman–Crippen MR) is 211 cm³/mol. The van der Waals surface area contributed by atoms with Crippen LogP contribution in [0.3, 0.4) is 0 Å². The van der Waals surface area contributed by atoms with E-state index in [9.17, 15) is 24.0 Å². The molecule has 0 spiro atoms. The average Bonchev–Trinajstić information content (AvgIpc) is 3.80. The highest BCUT2D eigenvalue weighted by molar-refractivity contribution is 8.24. The number of aryl methyl sites for hydroxylation is 1. The van der Waals surface area contributed by atoms with Crippen molar-refractivity contribution in [2.45, 2.75) is 107 Å². The number of hydrogen-bond donors (Lipinski definition) is 0. The molecule has 1 amide bonds. The third kappa shape index (κ3) is 9.71. The number of esters is 4. The van der Waals surface area contributed by atoms with Crippen LogP contribution in [0.2, 0.25) is 0 Å². The summed E-state index contributed by atoms with van der Waals surface area (Å²) >= 11 is 8.33. The van der Waals surface area contributed by atoms with E-state index in [1.807, 2.05) is 43.3 Å². The van der Waals surface area contributed by atoms with Gasteiger partial charge >= 0.3 is 23.9 Å². The molecule has 0 bridgehead atoms. The first-order valence-electron chi connectivity index (χ1n) is 19.4. The van der Waals surface area contributed by atoms with Gasteiger partial charge in [-0.3, -0.25) is 24.0 Å². The largest absolute Gasteiger partial charge is 0.466 e. The number of anilines is 1. The molecule has 0 N–H and O–H groups in total. The van der Waals surface area contributed by atoms with E-state index >= 15 is 0 Å². The summed E-state index contributed by atoms with van der Waals surface area (Å²) in [6, 6.07) is 12.9. The molecule has 16 heteroatoms. The van der Waals surface area contributed by atoms with E-state index in [1.54, 1.807) is 13.0 Å². The average molecular weight is 841 g/mol. The van der Waals surface area contributed by atoms with Gasteiger partial charge in [0.1, 0.15) is 17.6 Å². The van der Waals surface area contributed by atoms with E-state index in [1.165, 1.54) is 28.5 Å². The van der Waals surface area contributed by atoms with Gasteiger partial charge in [-0.05, 0) is 89.0 Å². The quantitative estimate of drug-likeness (QED) is 0.0490. The van der Waals surface area contributed by atoms with Gasteiger partial charge in [0.15, 0.2) is 6.29 Å². The van der Waals surface area contributed by atoms with Crippen molar-refractivity contribution in [2.75, 3.05) is 24.1 Å². The van der Waals surface area contributed by atoms with Gasteiger partial charge in [-0.15, -0.1) is 11.6 Å². The Bertz CT molecular complexity index is 1920. The first-order valence-corrected chi connectivity index (χ1v) is 21.6. The number of fused-ring (bicyclic) bond motifs is 1. The highest BCUT2D eigenvalue weighted by atomic mass is 35.5. The van der Waals surface area contributed by atoms with E-state index < -0.39 is 12.6 Å². The van der Waals surface area contributed by atoms with E-state index in [4.69, 9.17) is 40.0 Å². The number of carbonyl (C=O) groups is 5. The Balaban J connectivity index is 0.888. The van der Waals surface area contributed by atoms with Crippen LogP contribution in [0.15, 0.2) is 67.2 Å². The molecule has 13 nitrogen and oxygen atoms in total. The molecule has 3 heterocycles. The van der Waals surface area contributed by atoms with Crippen molar-refractivity contribution in [3.63, 3.8) is 0 Å². The number of hydrazone groups is 1. The van der Waals surface area contributed by atoms with E-state index in [0.717, 1.165) is 15.4 Å². The molecule has 2 saturated carbocycles. The number of para-hydroxylation sites is 1. The van der Waals surface area contributed by atoms with Gasteiger partial charge in [-0.2, -0.15) is 10.1 Å². The lowest BCUT2D eigenvalue weighted by Crippen LogP contribution is -2.44. The third-order valence-electron chi connectivity index (χ3n) is 10.6. The molecule has 2 aromatic rings. The Labute approximate surface area is 344 Å². The summed E-state index contributed by atoms with van der Waals surface area (Å²) in [4.78, 5) is 66.1. The van der Waals surface area contributed by atoms with Crippen molar-refractivity contribution in [3.05, 3.63) is 57.8 Å². The molecule has 0 aromatic heterocycles. The second kappa shape index (κ2) is 18.8. The lowest BCUT2D eigenvalue weighted by molar-refractivity contribution is -0.344. The minimum atomic E-state index is -0.770. The molecular formula is C41H45ClN2O11S2. The van der Waals surface area contributed by atoms with Crippen LogP contribution in [0.5, 0.6) is 5.75 Å². The summed E-state index contributed by atoms with van der Waals surface area (Å²) in [5.41, 5.74) is 2.41. The summed E-state index contributed by atoms with van der Waals surface area (Å²) in [5, 5.41) is 6.00. The van der Waals surface area contributed by atoms with Gasteiger partial charge in [-0.1, -0.05) is 47.8 Å². The molecule has 3 fully saturated rings. The fraction of sp³-hybridized carbons (Fsp3) is 0.512. The van der Waals surface area contributed by atoms with Crippen molar-refractivity contribution >= 4 is 76.3 Å². The van der Waals surface area contributed by atoms with Crippen LogP contribution < -0.4 is 9.75 Å². The van der Waals surface area contributed by atoms with Crippen LogP contribution in [0.25, 0.3) is 0 Å². The number of nitrogens with zero attached hydrogens (tertiary/aromatic N) is 2. The van der Waals surface area contributed by atoms with Crippen molar-refractivity contribution in [2.24, 2.45) is 22.9 Å². The Morgan fingerprint density at radius 1 is 0.825 bits per heavy atom. The Hall–Kier alpha value is -3.89. The monoisotopic (exact) mass is 840 g/mol. The van der Waals surface area contributed by atoms with Crippen LogP contribution in [-0.4, -0.2) is 73.3 Å². The molecule has 0 unspecified atom stereocenters. The van der Waals surface area contributed by atoms with Gasteiger partial charge in [0, 0.05) is 17.2 Å². The van der Waals surface area contributed by atoms with Crippen LogP contribution >= 0.6 is 35.1 Å². The van der Waals surface area contributed by atoms with Gasteiger partial charge in [0.2, 0.25) is 6.29 Å². The fourth-order valence-electron chi connectivity index (χ4n) is 7.38. The molecule has 1 saturated heterocycles. The lowest BCUT2D eigenvalue weighted by atomic mass is 9.82. The second-order valence-corrected chi connectivity index (χ2v) is 17.3. The number of alkyl halides is 1. The number of hydrogen-bond acceptors (Lipinski definition) is 14. The van der Waals surface area contributed by atoms with Crippen molar-refractivity contribution in [1.29, 1.82) is 0 Å². The number of carbonyl (C=O) groups excluding carboxylic acids is 5. The van der Waals surface area contributed by atoms with Crippen molar-refractivity contribution < 1.29 is 52.4 Å². The van der Waals surface area contributed by atoms with Gasteiger partial charge in [-0.25, -0.2) is 0 Å². The van der Waals surface area contributed by atoms with Crippen LogP contribution in [-0.2, 0) is 47.7 Å². The zero-order valence-corrected chi connectivity index (χ0v) is 34.2. The minimum Gasteiger partial charge on any atom is -0.466 e. The van der Waals surface area contributed by atoms with Crippen LogP contribution in [0, 0.1) is 24.7 Å². The summed E-state index contributed by atoms with van der Waals surface area (Å²) < 4.78 is 34.6. The molecule has 5 aliphatic rings. The molecule has 7 rings (SSSR count). The predicted octanol–water partition coefficient (Wildman–Crippen LogP) is 7.45. The summed E-state index contributed by atoms with van der Waals surface area (Å²) in [6.07, 6.45) is 3.41. The van der Waals surface area contributed by atoms with Crippen LogP contribution in [0.1, 0.15) is 76.7 Å². The Morgan fingerprint density at radius 3 is 2.14 bits per heavy atom. The standard InChI is InChI=1S/C41H45ClN2O11S2/c1-23-9-18-30(35-34(23)56-41(57-35)32-33(40-52-24(2)53-40)43-44(36(32)46)28-7-4-3-5-8-28)55-39(49)27-14-16-29(17-15-27)54-38(48)26-12-10-25(11-13-26)37(47)51-22-6-21-50-31(45)19-20-42/h3-5,7-9,18,24-27,29,40H,6,10-17,19-22H2,1-2H3/b41-32+. The highest BCUT2D eigenvalue weighted by Gasteiger charge is 2.45. The topological polar surface area (TPSA) is 156 Å². The Kier molecular flexibility index (Phi) is 13.6. The molecule has 57 heavy (non-hydrogen) atoms. The SMILES string of the molecule is Cc1ccc(OC(=O)C2CCC(OC(=O)C3CCC(C(=O)OCCCOC(=O)CCCl)CC3)CC2)c2c1S/C(=C1\C(=O)N(c3ccccc3)N=C1C1OC(C)O1)S2. The number of rotatable bonds is 13. The maximum Gasteiger partial charge on any atom is 0.314 e. The maximum absolute atomic E-state index is 13.9. The summed E-state index contributed by atoms with van der Waals surface area (Å²) in [5.74, 6) is -1.83.